The molecule has 0 aliphatic heterocycles. The molecule has 0 aromatic rings. The molecule has 5 nitrogen and oxygen atoms in total. The predicted octanol–water partition coefficient (Wildman–Crippen LogP) is 2.27. The molecule has 0 heterocycles. The Kier molecular flexibility index (Phi) is 13.8. The molecule has 8 N–H and O–H groups in total. The first-order chi connectivity index (χ1) is 13.5. The maximum Gasteiger partial charge on any atom is 0.278 e. The van der Waals surface area contributed by atoms with E-state index in [1.165, 1.54) is 57.8 Å². The number of quaternary nitrogens is 2. The summed E-state index contributed by atoms with van der Waals surface area (Å²) in [5, 5.41) is 6.75. The van der Waals surface area contributed by atoms with E-state index < -0.39 is 0 Å². The Labute approximate surface area is 174 Å². The van der Waals surface area contributed by atoms with Crippen LogP contribution < -0.4 is 22.1 Å². The normalized spacial score (nSPS) is 19.9. The fourth-order valence-corrected chi connectivity index (χ4v) is 4.53. The molecule has 0 aromatic heterocycles. The Morgan fingerprint density at radius 1 is 1.04 bits per heavy atom. The minimum atomic E-state index is -0.119. The monoisotopic (exact) mass is 398 g/mol. The highest BCUT2D eigenvalue weighted by atomic mass is 16.2. The van der Waals surface area contributed by atoms with Gasteiger partial charge < -0.3 is 22.1 Å². The molecule has 1 aliphatic carbocycles. The molecule has 0 saturated heterocycles. The Morgan fingerprint density at radius 2 is 1.68 bits per heavy atom. The highest BCUT2D eigenvalue weighted by Crippen LogP contribution is 2.38. The lowest BCUT2D eigenvalue weighted by Gasteiger charge is -2.38. The smallest absolute Gasteiger partial charge is 0.278 e. The molecular formula is C23H50N4O+2. The van der Waals surface area contributed by atoms with E-state index >= 15 is 0 Å². The summed E-state index contributed by atoms with van der Waals surface area (Å²) in [7, 11) is 0. The molecule has 2 unspecified atom stereocenters. The average Bonchev–Trinajstić information content (AvgIpc) is 2.84. The summed E-state index contributed by atoms with van der Waals surface area (Å²) < 4.78 is 0. The van der Waals surface area contributed by atoms with Crippen LogP contribution in [0.2, 0.25) is 0 Å². The van der Waals surface area contributed by atoms with E-state index in [4.69, 9.17) is 0 Å². The van der Waals surface area contributed by atoms with Crippen molar-refractivity contribution in [2.45, 2.75) is 103 Å². The zero-order valence-electron chi connectivity index (χ0n) is 19.0. The summed E-state index contributed by atoms with van der Waals surface area (Å²) >= 11 is 0. The van der Waals surface area contributed by atoms with Crippen LogP contribution >= 0.6 is 0 Å². The van der Waals surface area contributed by atoms with E-state index in [0.717, 1.165) is 57.8 Å². The number of rotatable bonds is 13. The third-order valence-corrected chi connectivity index (χ3v) is 6.93. The van der Waals surface area contributed by atoms with Crippen LogP contribution in [0.25, 0.3) is 0 Å². The van der Waals surface area contributed by atoms with E-state index in [1.807, 2.05) is 0 Å². The van der Waals surface area contributed by atoms with Crippen LogP contribution in [0, 0.1) is 11.3 Å². The van der Waals surface area contributed by atoms with Crippen LogP contribution in [0.1, 0.15) is 97.3 Å². The van der Waals surface area contributed by atoms with Crippen molar-refractivity contribution in [2.75, 3.05) is 26.2 Å². The molecule has 1 rings (SSSR count). The van der Waals surface area contributed by atoms with Gasteiger partial charge in [-0.25, -0.2) is 0 Å². The molecule has 1 fully saturated rings. The first kappa shape index (κ1) is 25.4. The molecule has 1 amide bonds. The quantitative estimate of drug-likeness (QED) is 0.358. The topological polar surface area (TPSA) is 96.4 Å². The zero-order valence-corrected chi connectivity index (χ0v) is 19.0. The summed E-state index contributed by atoms with van der Waals surface area (Å²) in [6, 6.07) is -0.119. The molecule has 0 aromatic carbocycles. The molecular weight excluding hydrogens is 348 g/mol. The van der Waals surface area contributed by atoms with Gasteiger partial charge in [0.1, 0.15) is 0 Å². The van der Waals surface area contributed by atoms with Gasteiger partial charge in [-0.1, -0.05) is 52.4 Å². The first-order valence-corrected chi connectivity index (χ1v) is 12.1. The number of carbonyl (C=O) groups excluding carboxylic acids is 1. The van der Waals surface area contributed by atoms with Gasteiger partial charge >= 0.3 is 0 Å². The van der Waals surface area contributed by atoms with Crippen molar-refractivity contribution in [1.82, 2.24) is 10.6 Å². The number of unbranched alkanes of at least 4 members (excludes halogenated alkanes) is 1. The highest BCUT2D eigenvalue weighted by molar-refractivity contribution is 5.79. The lowest BCUT2D eigenvalue weighted by atomic mass is 9.70. The molecule has 5 heteroatoms. The van der Waals surface area contributed by atoms with E-state index in [9.17, 15) is 4.79 Å². The minimum absolute atomic E-state index is 0.105. The fraction of sp³-hybridized carbons (Fsp3) is 0.957. The summed E-state index contributed by atoms with van der Waals surface area (Å²) in [6.07, 6.45) is 16.6. The Balaban J connectivity index is 2.23. The van der Waals surface area contributed by atoms with Crippen LogP contribution in [0.3, 0.4) is 0 Å². The van der Waals surface area contributed by atoms with Gasteiger partial charge in [0.25, 0.3) is 5.91 Å². The predicted molar refractivity (Wildman–Crippen MR) is 118 cm³/mol. The maximum atomic E-state index is 12.1. The van der Waals surface area contributed by atoms with Crippen molar-refractivity contribution in [1.29, 1.82) is 0 Å². The second-order valence-corrected chi connectivity index (χ2v) is 9.27. The fourth-order valence-electron chi connectivity index (χ4n) is 4.53. The van der Waals surface area contributed by atoms with E-state index in [2.05, 4.69) is 35.9 Å². The highest BCUT2D eigenvalue weighted by Gasteiger charge is 2.31. The maximum absolute atomic E-state index is 12.1. The van der Waals surface area contributed by atoms with Gasteiger partial charge in [0.2, 0.25) is 0 Å². The van der Waals surface area contributed by atoms with Crippen molar-refractivity contribution in [2.24, 2.45) is 11.3 Å². The molecule has 0 radical (unpaired) electrons. The van der Waals surface area contributed by atoms with Gasteiger partial charge in [-0.3, -0.25) is 4.79 Å². The molecule has 2 atom stereocenters. The van der Waals surface area contributed by atoms with Crippen molar-refractivity contribution in [3.63, 3.8) is 0 Å². The van der Waals surface area contributed by atoms with Gasteiger partial charge in [-0.2, -0.15) is 0 Å². The third-order valence-electron chi connectivity index (χ3n) is 6.93. The van der Waals surface area contributed by atoms with Crippen molar-refractivity contribution < 1.29 is 16.3 Å². The Bertz CT molecular complexity index is 394. The summed E-state index contributed by atoms with van der Waals surface area (Å²) in [6.45, 7) is 8.62. The Hall–Kier alpha value is -0.650. The summed E-state index contributed by atoms with van der Waals surface area (Å²) in [4.78, 5) is 12.1. The van der Waals surface area contributed by atoms with E-state index in [-0.39, 0.29) is 11.9 Å². The summed E-state index contributed by atoms with van der Waals surface area (Å²) in [5.41, 5.74) is 8.24. The number of nitrogens with one attached hydrogen (secondary N) is 2. The zero-order chi connectivity index (χ0) is 20.7. The molecule has 1 saturated carbocycles. The van der Waals surface area contributed by atoms with Gasteiger partial charge in [0.05, 0.1) is 6.54 Å². The van der Waals surface area contributed by atoms with Gasteiger partial charge in [-0.15, -0.1) is 0 Å². The second kappa shape index (κ2) is 15.2. The standard InChI is InChI=1S/C23H48N4O/c1-3-23(2,20-13-8-6-4-5-7-9-14-20)19-26-17-12-18-27-22(28)21(25)15-10-11-16-24/h20-21,26H,3-19,24-25H2,1-2H3,(H,27,28)/p+2. The van der Waals surface area contributed by atoms with E-state index in [1.54, 1.807) is 0 Å². The SMILES string of the molecule is CCC(C)(CNCCCNC(=O)C([NH3+])CCCC[NH3+])C1CCCCCCCC1. The third kappa shape index (κ3) is 10.2. The van der Waals surface area contributed by atoms with Gasteiger partial charge in [0.15, 0.2) is 6.04 Å². The molecule has 166 valence electrons. The van der Waals surface area contributed by atoms with Crippen molar-refractivity contribution >= 4 is 5.91 Å². The number of hydrogen-bond donors (Lipinski definition) is 4. The second-order valence-electron chi connectivity index (χ2n) is 9.27. The number of carbonyl (C=O) groups is 1. The van der Waals surface area contributed by atoms with Gasteiger partial charge in [-0.05, 0) is 56.4 Å². The van der Waals surface area contributed by atoms with Crippen LogP contribution in [0.5, 0.6) is 0 Å². The number of amides is 1. The van der Waals surface area contributed by atoms with E-state index in [0.29, 0.717) is 5.41 Å². The first-order valence-electron chi connectivity index (χ1n) is 12.1. The molecule has 0 spiro atoms. The van der Waals surface area contributed by atoms with Crippen LogP contribution in [0.4, 0.5) is 0 Å². The molecule has 0 bridgehead atoms. The van der Waals surface area contributed by atoms with Gasteiger partial charge in [0, 0.05) is 19.5 Å². The lowest BCUT2D eigenvalue weighted by Crippen LogP contribution is -2.67. The largest absolute Gasteiger partial charge is 0.358 e. The summed E-state index contributed by atoms with van der Waals surface area (Å²) in [5.74, 6) is 0.959. The van der Waals surface area contributed by atoms with Crippen LogP contribution in [-0.2, 0) is 4.79 Å². The number of hydrogen-bond acceptors (Lipinski definition) is 2. The molecule has 28 heavy (non-hydrogen) atoms. The van der Waals surface area contributed by atoms with Crippen molar-refractivity contribution in [3.8, 4) is 0 Å². The average molecular weight is 399 g/mol. The minimum Gasteiger partial charge on any atom is -0.358 e. The Morgan fingerprint density at radius 3 is 2.29 bits per heavy atom. The van der Waals surface area contributed by atoms with Crippen LogP contribution in [0.15, 0.2) is 0 Å². The van der Waals surface area contributed by atoms with Crippen molar-refractivity contribution in [3.05, 3.63) is 0 Å². The van der Waals surface area contributed by atoms with Crippen LogP contribution in [-0.4, -0.2) is 38.1 Å². The lowest BCUT2D eigenvalue weighted by molar-refractivity contribution is -0.406. The molecule has 1 aliphatic rings.